The Morgan fingerprint density at radius 3 is 2.72 bits per heavy atom. The molecule has 150 valence electrons. The van der Waals surface area contributed by atoms with Gasteiger partial charge in [0.25, 0.3) is 0 Å². The van der Waals surface area contributed by atoms with Gasteiger partial charge in [-0.3, -0.25) is 0 Å². The third-order valence-electron chi connectivity index (χ3n) is 4.70. The first-order valence-electron chi connectivity index (χ1n) is 8.98. The Morgan fingerprint density at radius 2 is 2.00 bits per heavy atom. The van der Waals surface area contributed by atoms with E-state index in [1.54, 1.807) is 38.0 Å². The van der Waals surface area contributed by atoms with Crippen molar-refractivity contribution in [3.63, 3.8) is 0 Å². The number of imidazole rings is 1. The molecule has 4 rings (SSSR count). The van der Waals surface area contributed by atoms with Crippen molar-refractivity contribution in [1.82, 2.24) is 35.0 Å². The maximum absolute atomic E-state index is 13.4. The lowest BCUT2D eigenvalue weighted by atomic mass is 9.96. The van der Waals surface area contributed by atoms with Gasteiger partial charge in [0.2, 0.25) is 0 Å². The summed E-state index contributed by atoms with van der Waals surface area (Å²) in [4.78, 5) is 15.6. The van der Waals surface area contributed by atoms with E-state index in [1.165, 1.54) is 16.9 Å². The molecule has 0 aromatic carbocycles. The molecule has 0 amide bonds. The summed E-state index contributed by atoms with van der Waals surface area (Å²) in [6, 6.07) is 4.83. The van der Waals surface area contributed by atoms with Crippen molar-refractivity contribution in [3.05, 3.63) is 54.9 Å². The first-order valence-corrected chi connectivity index (χ1v) is 8.98. The van der Waals surface area contributed by atoms with Crippen molar-refractivity contribution in [2.45, 2.75) is 18.5 Å². The molecule has 10 heteroatoms. The van der Waals surface area contributed by atoms with E-state index < -0.39 is 12.1 Å². The summed E-state index contributed by atoms with van der Waals surface area (Å²) >= 11 is 0. The quantitative estimate of drug-likeness (QED) is 0.517. The summed E-state index contributed by atoms with van der Waals surface area (Å²) in [5, 5.41) is 7.05. The Balaban J connectivity index is 1.61. The molecule has 29 heavy (non-hydrogen) atoms. The van der Waals surface area contributed by atoms with Crippen molar-refractivity contribution in [1.29, 1.82) is 0 Å². The molecule has 0 fully saturated rings. The Labute approximate surface area is 164 Å². The molecule has 0 aliphatic rings. The number of alkyl halides is 3. The number of nitrogens with zero attached hydrogens (tertiary/aromatic N) is 5. The molecule has 2 N–H and O–H groups in total. The maximum Gasteiger partial charge on any atom is 0.395 e. The van der Waals surface area contributed by atoms with E-state index in [-0.39, 0.29) is 18.5 Å². The van der Waals surface area contributed by atoms with Gasteiger partial charge in [-0.25, -0.2) is 19.6 Å². The molecule has 1 atom stereocenters. The first kappa shape index (κ1) is 19.1. The summed E-state index contributed by atoms with van der Waals surface area (Å²) < 4.78 is 41.6. The standard InChI is InChI=1S/C19H18F3N7/c1-23-6-5-15(19(20,21)22)12-2-3-16(25-8-12)29-10-13(9-28-29)14-4-7-24-18-17(14)26-11-27-18/h2-4,7-11,15,23H,5-6H2,1H3,(H,24,26,27). The minimum atomic E-state index is -4.32. The van der Waals surface area contributed by atoms with Crippen LogP contribution in [0.5, 0.6) is 0 Å². The second-order valence-electron chi connectivity index (χ2n) is 6.57. The fourth-order valence-electron chi connectivity index (χ4n) is 3.22. The van der Waals surface area contributed by atoms with Crippen LogP contribution in [0.3, 0.4) is 0 Å². The molecule has 0 radical (unpaired) electrons. The van der Waals surface area contributed by atoms with E-state index in [9.17, 15) is 13.2 Å². The van der Waals surface area contributed by atoms with Gasteiger partial charge in [0.15, 0.2) is 11.5 Å². The molecule has 7 nitrogen and oxygen atoms in total. The van der Waals surface area contributed by atoms with Crippen molar-refractivity contribution in [2.75, 3.05) is 13.6 Å². The van der Waals surface area contributed by atoms with Crippen molar-refractivity contribution < 1.29 is 13.2 Å². The minimum Gasteiger partial charge on any atom is -0.329 e. The number of halogens is 3. The van der Waals surface area contributed by atoms with Crippen LogP contribution < -0.4 is 5.32 Å². The molecule has 0 saturated carbocycles. The Morgan fingerprint density at radius 1 is 1.14 bits per heavy atom. The highest BCUT2D eigenvalue weighted by atomic mass is 19.4. The number of hydrogen-bond acceptors (Lipinski definition) is 5. The van der Waals surface area contributed by atoms with Gasteiger partial charge in [0.1, 0.15) is 5.52 Å². The van der Waals surface area contributed by atoms with Gasteiger partial charge in [-0.15, -0.1) is 0 Å². The van der Waals surface area contributed by atoms with Crippen LogP contribution in [0.4, 0.5) is 13.2 Å². The zero-order valence-corrected chi connectivity index (χ0v) is 15.5. The summed E-state index contributed by atoms with van der Waals surface area (Å²) in [5.74, 6) is -1.13. The number of fused-ring (bicyclic) bond motifs is 1. The molecule has 4 heterocycles. The largest absolute Gasteiger partial charge is 0.395 e. The Kier molecular flexibility index (Phi) is 5.01. The van der Waals surface area contributed by atoms with Crippen LogP contribution in [0.2, 0.25) is 0 Å². The predicted octanol–water partition coefficient (Wildman–Crippen LogP) is 3.46. The monoisotopic (exact) mass is 401 g/mol. The molecule has 0 aliphatic carbocycles. The smallest absolute Gasteiger partial charge is 0.329 e. The zero-order chi connectivity index (χ0) is 20.4. The summed E-state index contributed by atoms with van der Waals surface area (Å²) in [6.07, 6.45) is 3.55. The maximum atomic E-state index is 13.4. The normalized spacial score (nSPS) is 13.1. The van der Waals surface area contributed by atoms with Crippen molar-refractivity contribution in [2.24, 2.45) is 0 Å². The second kappa shape index (κ2) is 7.63. The van der Waals surface area contributed by atoms with Gasteiger partial charge in [-0.2, -0.15) is 18.3 Å². The van der Waals surface area contributed by atoms with Gasteiger partial charge >= 0.3 is 6.18 Å². The van der Waals surface area contributed by atoms with Gasteiger partial charge < -0.3 is 10.3 Å². The van der Waals surface area contributed by atoms with Crippen LogP contribution in [-0.2, 0) is 0 Å². The van der Waals surface area contributed by atoms with E-state index in [1.807, 2.05) is 6.07 Å². The van der Waals surface area contributed by atoms with Crippen LogP contribution in [0.15, 0.2) is 49.3 Å². The highest BCUT2D eigenvalue weighted by molar-refractivity contribution is 5.88. The molecule has 0 bridgehead atoms. The Hall–Kier alpha value is -3.27. The molecule has 0 saturated heterocycles. The number of aromatic nitrogens is 6. The SMILES string of the molecule is CNCCC(c1ccc(-n2cc(-c3ccnc4[nH]cnc34)cn2)nc1)C(F)(F)F. The summed E-state index contributed by atoms with van der Waals surface area (Å²) in [7, 11) is 1.63. The average Bonchev–Trinajstić information content (AvgIpc) is 3.37. The third-order valence-corrected chi connectivity index (χ3v) is 4.70. The number of nitrogens with one attached hydrogen (secondary N) is 2. The molecule has 0 aliphatic heterocycles. The van der Waals surface area contributed by atoms with E-state index in [2.05, 4.69) is 30.4 Å². The summed E-state index contributed by atoms with van der Waals surface area (Å²) in [6.45, 7) is 0.266. The van der Waals surface area contributed by atoms with Gasteiger partial charge in [-0.05, 0) is 37.7 Å². The summed E-state index contributed by atoms with van der Waals surface area (Å²) in [5.41, 5.74) is 3.17. The molecule has 1 unspecified atom stereocenters. The lowest BCUT2D eigenvalue weighted by Gasteiger charge is -2.20. The third kappa shape index (κ3) is 3.83. The average molecular weight is 401 g/mol. The zero-order valence-electron chi connectivity index (χ0n) is 15.5. The highest BCUT2D eigenvalue weighted by Crippen LogP contribution is 2.37. The van der Waals surface area contributed by atoms with E-state index >= 15 is 0 Å². The first-order chi connectivity index (χ1) is 14.0. The van der Waals surface area contributed by atoms with Crippen LogP contribution in [0, 0.1) is 0 Å². The van der Waals surface area contributed by atoms with E-state index in [4.69, 9.17) is 0 Å². The number of H-pyrrole nitrogens is 1. The number of aromatic amines is 1. The van der Waals surface area contributed by atoms with Gasteiger partial charge in [-0.1, -0.05) is 6.07 Å². The lowest BCUT2D eigenvalue weighted by Crippen LogP contribution is -2.24. The minimum absolute atomic E-state index is 0.0470. The second-order valence-corrected chi connectivity index (χ2v) is 6.57. The lowest BCUT2D eigenvalue weighted by molar-refractivity contribution is -0.151. The van der Waals surface area contributed by atoms with Crippen LogP contribution >= 0.6 is 0 Å². The molecule has 4 aromatic rings. The van der Waals surface area contributed by atoms with Gasteiger partial charge in [0.05, 0.1) is 18.4 Å². The molecular weight excluding hydrogens is 383 g/mol. The number of pyridine rings is 2. The Bertz CT molecular complexity index is 1100. The van der Waals surface area contributed by atoms with Crippen molar-refractivity contribution >= 4 is 11.2 Å². The number of rotatable bonds is 6. The predicted molar refractivity (Wildman–Crippen MR) is 102 cm³/mol. The van der Waals surface area contributed by atoms with Crippen molar-refractivity contribution in [3.8, 4) is 16.9 Å². The van der Waals surface area contributed by atoms with Gasteiger partial charge in [0, 0.05) is 29.7 Å². The fraction of sp³-hybridized carbons (Fsp3) is 0.263. The molecule has 4 aromatic heterocycles. The van der Waals surface area contributed by atoms with Crippen LogP contribution in [0.1, 0.15) is 17.9 Å². The molecular formula is C19H18F3N7. The van der Waals surface area contributed by atoms with E-state index in [0.29, 0.717) is 17.0 Å². The fourth-order valence-corrected chi connectivity index (χ4v) is 3.22. The topological polar surface area (TPSA) is 84.3 Å². The van der Waals surface area contributed by atoms with Crippen LogP contribution in [0.25, 0.3) is 28.1 Å². The van der Waals surface area contributed by atoms with E-state index in [0.717, 1.165) is 11.1 Å². The molecule has 0 spiro atoms. The highest BCUT2D eigenvalue weighted by Gasteiger charge is 2.40. The number of hydrogen-bond donors (Lipinski definition) is 2. The van der Waals surface area contributed by atoms with Crippen LogP contribution in [-0.4, -0.2) is 49.5 Å².